The molecule has 1 aromatic heterocycles. The molecule has 3 aliphatic carbocycles. The van der Waals surface area contributed by atoms with Crippen LogP contribution < -0.4 is 24.8 Å². The van der Waals surface area contributed by atoms with E-state index in [1.807, 2.05) is 47.4 Å². The van der Waals surface area contributed by atoms with Crippen LogP contribution in [-0.2, 0) is 40.4 Å². The number of rotatable bonds is 28. The minimum Gasteiger partial charge on any atom is -0.491 e. The maximum atomic E-state index is 12.5. The summed E-state index contributed by atoms with van der Waals surface area (Å²) in [6.45, 7) is 16.2. The minimum absolute atomic E-state index is 0.0549. The number of methoxy groups -OCH3 is 1. The Morgan fingerprint density at radius 3 is 1.70 bits per heavy atom. The van der Waals surface area contributed by atoms with Crippen LogP contribution >= 0.6 is 0 Å². The molecule has 2 heterocycles. The van der Waals surface area contributed by atoms with Gasteiger partial charge in [0.05, 0.1) is 26.9 Å². The standard InChI is InChI=1S/C25H39NO2.C24H33NO4.C20H33NO3/c1-20(17-22-10-4-3-5-11-22)14-15-23-12-6-7-13-24(23)28-19-25(27)26-16-8-9-21(2)18-26;1-17(13-19-9-5-4-6-10-19)25-15-20-11-7-8-12-23(20)28-16-21-14-22(18(2)29-21)24(26)27-3;1-17(15-18-7-3-2-4-8-18)21-16-19-9-5-6-10-20(19)24-14-13-23-12-11-22/h6-7,12-13,20-22H,3-5,8-11,14-19H2,1-2H3;7-8,11-12,14,17,19,25H,4-6,9-10,13,15-16H2,1-3H3;5-6,9-10,17-18,21-22H,2-4,7-8,11-16H2,1H3. The van der Waals surface area contributed by atoms with Crippen LogP contribution in [-0.4, -0.2) is 87.2 Å². The Morgan fingerprint density at radius 2 is 1.16 bits per heavy atom. The van der Waals surface area contributed by atoms with Gasteiger partial charge in [0.15, 0.2) is 6.61 Å². The van der Waals surface area contributed by atoms with Crippen LogP contribution in [0.25, 0.3) is 0 Å². The van der Waals surface area contributed by atoms with E-state index in [-0.39, 0.29) is 25.7 Å². The lowest BCUT2D eigenvalue weighted by molar-refractivity contribution is -0.135. The Bertz CT molecular complexity index is 2350. The predicted octanol–water partition coefficient (Wildman–Crippen LogP) is 14.8. The third-order valence-electron chi connectivity index (χ3n) is 17.2. The molecule has 4 atom stereocenters. The number of para-hydroxylation sites is 3. The number of nitrogens with one attached hydrogen (secondary N) is 2. The first kappa shape index (κ1) is 65.3. The van der Waals surface area contributed by atoms with Gasteiger partial charge in [0.25, 0.3) is 5.91 Å². The number of ether oxygens (including phenoxy) is 5. The van der Waals surface area contributed by atoms with Gasteiger partial charge in [-0.25, -0.2) is 4.79 Å². The number of hydrogen-bond donors (Lipinski definition) is 3. The lowest BCUT2D eigenvalue weighted by Gasteiger charge is -2.31. The van der Waals surface area contributed by atoms with Crippen LogP contribution in [0.15, 0.2) is 83.3 Å². The smallest absolute Gasteiger partial charge is 0.341 e. The first-order valence-corrected chi connectivity index (χ1v) is 31.7. The number of esters is 1. The number of nitrogens with zero attached hydrogens (tertiary/aromatic N) is 1. The van der Waals surface area contributed by atoms with Crippen molar-refractivity contribution in [2.45, 2.75) is 208 Å². The Balaban J connectivity index is 0.000000197. The summed E-state index contributed by atoms with van der Waals surface area (Å²) in [5, 5.41) is 16.0. The zero-order chi connectivity index (χ0) is 57.4. The zero-order valence-corrected chi connectivity index (χ0v) is 50.8. The Hall–Kier alpha value is -4.88. The SMILES string of the molecule is CC(CC1CCCCC1)NCc1ccccc1OCCOCCO.CC(CCc1ccccc1OCC(=O)N1CCCC(C)C1)CC1CCCCC1.COC(=O)c1cc(COc2ccccc2CNC(C)CC2CCCCC2)oc1C. The maximum Gasteiger partial charge on any atom is 0.341 e. The summed E-state index contributed by atoms with van der Waals surface area (Å²) in [6.07, 6.45) is 29.6. The van der Waals surface area contributed by atoms with Gasteiger partial charge in [-0.15, -0.1) is 0 Å². The van der Waals surface area contributed by atoms with Crippen LogP contribution in [0, 0.1) is 36.5 Å². The van der Waals surface area contributed by atoms with Gasteiger partial charge in [-0.2, -0.15) is 0 Å². The number of benzene rings is 3. The Kier molecular flexibility index (Phi) is 30.1. The summed E-state index contributed by atoms with van der Waals surface area (Å²) >= 11 is 0. The second kappa shape index (κ2) is 37.3. The number of furan rings is 1. The Morgan fingerprint density at radius 1 is 0.642 bits per heavy atom. The molecule has 1 saturated heterocycles. The van der Waals surface area contributed by atoms with Crippen molar-refractivity contribution in [1.82, 2.24) is 15.5 Å². The average molecular weight is 1120 g/mol. The van der Waals surface area contributed by atoms with Gasteiger partial charge in [0, 0.05) is 49.4 Å². The normalized spacial score (nSPS) is 18.3. The highest BCUT2D eigenvalue weighted by atomic mass is 16.5. The fourth-order valence-corrected chi connectivity index (χ4v) is 12.6. The number of aliphatic hydroxyl groups excluding tert-OH is 1. The van der Waals surface area contributed by atoms with Gasteiger partial charge in [-0.3, -0.25) is 4.79 Å². The predicted molar refractivity (Wildman–Crippen MR) is 326 cm³/mol. The lowest BCUT2D eigenvalue weighted by Crippen LogP contribution is -2.41. The second-order valence-corrected chi connectivity index (χ2v) is 24.3. The largest absolute Gasteiger partial charge is 0.491 e. The number of aliphatic hydroxyl groups is 1. The molecular weight excluding hydrogens is 1010 g/mol. The summed E-state index contributed by atoms with van der Waals surface area (Å²) in [5.41, 5.74) is 4.00. The van der Waals surface area contributed by atoms with E-state index in [0.717, 1.165) is 85.5 Å². The summed E-state index contributed by atoms with van der Waals surface area (Å²) in [4.78, 5) is 26.2. The fraction of sp³-hybridized carbons (Fsp3) is 0.652. The van der Waals surface area contributed by atoms with E-state index < -0.39 is 5.97 Å². The van der Waals surface area contributed by atoms with Gasteiger partial charge < -0.3 is 48.7 Å². The number of amides is 1. The highest BCUT2D eigenvalue weighted by Gasteiger charge is 2.23. The maximum absolute atomic E-state index is 12.5. The summed E-state index contributed by atoms with van der Waals surface area (Å²) in [6, 6.07) is 27.2. The fourth-order valence-electron chi connectivity index (χ4n) is 12.6. The molecule has 4 aliphatic rings. The molecule has 450 valence electrons. The van der Waals surface area contributed by atoms with Crippen LogP contribution in [0.2, 0.25) is 0 Å². The molecule has 4 unspecified atom stereocenters. The van der Waals surface area contributed by atoms with Crippen molar-refractivity contribution in [2.24, 2.45) is 29.6 Å². The highest BCUT2D eigenvalue weighted by molar-refractivity contribution is 5.90. The van der Waals surface area contributed by atoms with E-state index in [9.17, 15) is 9.59 Å². The third-order valence-corrected chi connectivity index (χ3v) is 17.2. The van der Waals surface area contributed by atoms with Gasteiger partial charge >= 0.3 is 5.97 Å². The number of hydrogen-bond acceptors (Lipinski definition) is 11. The zero-order valence-electron chi connectivity index (χ0n) is 50.8. The van der Waals surface area contributed by atoms with E-state index in [1.54, 1.807) is 13.0 Å². The number of carbonyl (C=O) groups excluding carboxylic acids is 2. The molecule has 1 amide bonds. The summed E-state index contributed by atoms with van der Waals surface area (Å²) in [5.74, 6) is 7.61. The summed E-state index contributed by atoms with van der Waals surface area (Å²) in [7, 11) is 1.36. The second-order valence-electron chi connectivity index (χ2n) is 24.3. The van der Waals surface area contributed by atoms with Crippen molar-refractivity contribution in [3.63, 3.8) is 0 Å². The molecule has 8 rings (SSSR count). The van der Waals surface area contributed by atoms with Gasteiger partial charge in [0.1, 0.15) is 47.5 Å². The van der Waals surface area contributed by atoms with Crippen molar-refractivity contribution in [2.75, 3.05) is 53.2 Å². The van der Waals surface area contributed by atoms with Gasteiger partial charge in [-0.05, 0) is 125 Å². The van der Waals surface area contributed by atoms with E-state index in [1.165, 1.54) is 147 Å². The van der Waals surface area contributed by atoms with Crippen LogP contribution in [0.5, 0.6) is 17.2 Å². The van der Waals surface area contributed by atoms with Crippen LogP contribution in [0.3, 0.4) is 0 Å². The first-order chi connectivity index (χ1) is 39.5. The molecule has 0 radical (unpaired) electrons. The van der Waals surface area contributed by atoms with E-state index in [2.05, 4.69) is 68.7 Å². The van der Waals surface area contributed by atoms with Crippen molar-refractivity contribution >= 4 is 11.9 Å². The average Bonchev–Trinajstić information content (AvgIpc) is 3.93. The Labute approximate surface area is 488 Å². The lowest BCUT2D eigenvalue weighted by atomic mass is 9.82. The molecule has 3 saturated carbocycles. The number of aryl methyl sites for hydroxylation is 2. The molecule has 81 heavy (non-hydrogen) atoms. The van der Waals surface area contributed by atoms with E-state index in [4.69, 9.17) is 33.2 Å². The minimum atomic E-state index is -0.394. The third kappa shape index (κ3) is 24.5. The van der Waals surface area contributed by atoms with E-state index in [0.29, 0.717) is 54.9 Å². The topological polar surface area (TPSA) is 141 Å². The monoisotopic (exact) mass is 1120 g/mol. The number of carbonyl (C=O) groups is 2. The van der Waals surface area contributed by atoms with Gasteiger partial charge in [0.2, 0.25) is 0 Å². The first-order valence-electron chi connectivity index (χ1n) is 31.7. The molecule has 3 N–H and O–H groups in total. The molecule has 12 nitrogen and oxygen atoms in total. The molecule has 12 heteroatoms. The molecule has 1 aliphatic heterocycles. The molecular formula is C69H105N3O9. The van der Waals surface area contributed by atoms with Crippen LogP contribution in [0.1, 0.15) is 201 Å². The molecule has 0 spiro atoms. The van der Waals surface area contributed by atoms with Gasteiger partial charge in [-0.1, -0.05) is 165 Å². The van der Waals surface area contributed by atoms with Crippen molar-refractivity contribution in [3.05, 3.63) is 113 Å². The summed E-state index contributed by atoms with van der Waals surface area (Å²) < 4.78 is 33.4. The van der Waals surface area contributed by atoms with E-state index >= 15 is 0 Å². The van der Waals surface area contributed by atoms with Crippen molar-refractivity contribution in [1.29, 1.82) is 0 Å². The highest BCUT2D eigenvalue weighted by Crippen LogP contribution is 2.33. The number of likely N-dealkylation sites (tertiary alicyclic amines) is 1. The van der Waals surface area contributed by atoms with Crippen LogP contribution in [0.4, 0.5) is 0 Å². The quantitative estimate of drug-likeness (QED) is 0.0370. The molecule has 0 bridgehead atoms. The molecule has 4 aromatic rings. The van der Waals surface area contributed by atoms with Crippen molar-refractivity contribution < 1.29 is 42.8 Å². The molecule has 4 fully saturated rings. The van der Waals surface area contributed by atoms with Crippen molar-refractivity contribution in [3.8, 4) is 17.2 Å². The molecule has 3 aromatic carbocycles. The number of piperidine rings is 1.